The minimum Gasteiger partial charge on any atom is -0.475 e. The molecule has 2 fully saturated rings. The number of aromatic nitrogens is 1. The molecule has 0 unspecified atom stereocenters. The fourth-order valence-corrected chi connectivity index (χ4v) is 3.41. The van der Waals surface area contributed by atoms with E-state index in [0.717, 1.165) is 32.7 Å². The Labute approximate surface area is 197 Å². The number of carboxylic acid groups (broad SMARTS) is 2. The Morgan fingerprint density at radius 1 is 1.14 bits per heavy atom. The monoisotopic (exact) mass is 518 g/mol. The van der Waals surface area contributed by atoms with Crippen LogP contribution in [0.4, 0.5) is 26.3 Å². The first kappa shape index (κ1) is 30.6. The molecular weight excluding hydrogens is 490 g/mol. The SMILES string of the molecule is CC(C)CO[C@@H]1CC[C@H]2[C@H]1OCCN2Cc1cccnc1.O=C(O)C(F)(F)F.O=C(O)C(F)(F)F. The van der Waals surface area contributed by atoms with Crippen molar-refractivity contribution in [3.05, 3.63) is 30.1 Å². The Hall–Kier alpha value is -2.45. The summed E-state index contributed by atoms with van der Waals surface area (Å²) in [5.41, 5.74) is 1.28. The number of hydrogen-bond donors (Lipinski definition) is 2. The number of ether oxygens (including phenoxy) is 2. The van der Waals surface area contributed by atoms with Crippen LogP contribution in [-0.4, -0.2) is 82.4 Å². The van der Waals surface area contributed by atoms with E-state index in [0.29, 0.717) is 12.0 Å². The van der Waals surface area contributed by atoms with Gasteiger partial charge in [0.2, 0.25) is 0 Å². The Balaban J connectivity index is 0.000000362. The van der Waals surface area contributed by atoms with E-state index in [2.05, 4.69) is 29.8 Å². The fraction of sp³-hybridized carbons (Fsp3) is 0.667. The predicted octanol–water partition coefficient (Wildman–Crippen LogP) is 3.75. The maximum Gasteiger partial charge on any atom is 0.490 e. The summed E-state index contributed by atoms with van der Waals surface area (Å²) in [6.07, 6.45) is -3.56. The van der Waals surface area contributed by atoms with Crippen molar-refractivity contribution in [3.63, 3.8) is 0 Å². The zero-order chi connectivity index (χ0) is 26.8. The highest BCUT2D eigenvalue weighted by atomic mass is 19.4. The summed E-state index contributed by atoms with van der Waals surface area (Å²) in [6, 6.07) is 4.66. The van der Waals surface area contributed by atoms with Crippen LogP contribution in [0, 0.1) is 5.92 Å². The zero-order valence-corrected chi connectivity index (χ0v) is 19.1. The third-order valence-corrected chi connectivity index (χ3v) is 4.89. The molecule has 1 aliphatic heterocycles. The van der Waals surface area contributed by atoms with Crippen LogP contribution in [0.1, 0.15) is 32.3 Å². The highest BCUT2D eigenvalue weighted by molar-refractivity contribution is 5.73. The molecule has 1 aliphatic carbocycles. The van der Waals surface area contributed by atoms with E-state index in [4.69, 9.17) is 29.3 Å². The van der Waals surface area contributed by atoms with Crippen LogP contribution in [0.5, 0.6) is 0 Å². The molecule has 3 rings (SSSR count). The maximum atomic E-state index is 10.6. The van der Waals surface area contributed by atoms with Crippen molar-refractivity contribution in [2.75, 3.05) is 19.8 Å². The molecule has 200 valence electrons. The molecule has 14 heteroatoms. The molecule has 1 aromatic rings. The molecule has 35 heavy (non-hydrogen) atoms. The highest BCUT2D eigenvalue weighted by Crippen LogP contribution is 2.33. The molecule has 1 saturated heterocycles. The van der Waals surface area contributed by atoms with E-state index >= 15 is 0 Å². The number of alkyl halides is 6. The van der Waals surface area contributed by atoms with Crippen molar-refractivity contribution in [2.24, 2.45) is 5.92 Å². The second-order valence-corrected chi connectivity index (χ2v) is 8.18. The average Bonchev–Trinajstić information content (AvgIpc) is 3.17. The normalized spacial score (nSPS) is 22.4. The second kappa shape index (κ2) is 13.6. The summed E-state index contributed by atoms with van der Waals surface area (Å²) in [5.74, 6) is -4.93. The van der Waals surface area contributed by atoms with Gasteiger partial charge in [-0.3, -0.25) is 9.88 Å². The summed E-state index contributed by atoms with van der Waals surface area (Å²) in [4.78, 5) is 24.6. The van der Waals surface area contributed by atoms with Crippen molar-refractivity contribution in [1.29, 1.82) is 0 Å². The molecule has 2 aliphatic rings. The van der Waals surface area contributed by atoms with E-state index < -0.39 is 24.3 Å². The van der Waals surface area contributed by atoms with Gasteiger partial charge >= 0.3 is 24.3 Å². The molecule has 0 spiro atoms. The zero-order valence-electron chi connectivity index (χ0n) is 19.1. The van der Waals surface area contributed by atoms with Crippen LogP contribution in [0.15, 0.2) is 24.5 Å². The number of fused-ring (bicyclic) bond motifs is 1. The lowest BCUT2D eigenvalue weighted by Crippen LogP contribution is -2.51. The third-order valence-electron chi connectivity index (χ3n) is 4.89. The van der Waals surface area contributed by atoms with Gasteiger partial charge in [0.25, 0.3) is 0 Å². The Morgan fingerprint density at radius 3 is 2.17 bits per heavy atom. The number of nitrogens with zero attached hydrogens (tertiary/aromatic N) is 2. The summed E-state index contributed by atoms with van der Waals surface area (Å²) in [5, 5.41) is 14.2. The number of halogens is 6. The van der Waals surface area contributed by atoms with Gasteiger partial charge < -0.3 is 19.7 Å². The second-order valence-electron chi connectivity index (χ2n) is 8.18. The van der Waals surface area contributed by atoms with E-state index in [9.17, 15) is 26.3 Å². The van der Waals surface area contributed by atoms with Gasteiger partial charge in [-0.2, -0.15) is 26.3 Å². The quantitative estimate of drug-likeness (QED) is 0.568. The molecule has 8 nitrogen and oxygen atoms in total. The Kier molecular flexibility index (Phi) is 11.9. The van der Waals surface area contributed by atoms with Gasteiger partial charge in [-0.15, -0.1) is 0 Å². The van der Waals surface area contributed by atoms with Crippen LogP contribution in [0.25, 0.3) is 0 Å². The van der Waals surface area contributed by atoms with Crippen LogP contribution in [0.3, 0.4) is 0 Å². The van der Waals surface area contributed by atoms with Gasteiger partial charge in [-0.25, -0.2) is 9.59 Å². The van der Waals surface area contributed by atoms with Crippen molar-refractivity contribution in [1.82, 2.24) is 9.88 Å². The predicted molar refractivity (Wildman–Crippen MR) is 109 cm³/mol. The Bertz CT molecular complexity index is 767. The first-order valence-electron chi connectivity index (χ1n) is 10.6. The van der Waals surface area contributed by atoms with Gasteiger partial charge in [-0.1, -0.05) is 19.9 Å². The van der Waals surface area contributed by atoms with Crippen LogP contribution < -0.4 is 0 Å². The lowest BCUT2D eigenvalue weighted by molar-refractivity contribution is -0.193. The van der Waals surface area contributed by atoms with Gasteiger partial charge in [0.1, 0.15) is 0 Å². The van der Waals surface area contributed by atoms with Crippen LogP contribution in [-0.2, 0) is 25.6 Å². The standard InChI is InChI=1S/C17H26N2O2.2C2HF3O2/c1-13(2)12-21-16-6-5-15-17(16)20-9-8-19(15)11-14-4-3-7-18-10-14;2*3-2(4,5)1(6)7/h3-4,7,10,13,15-17H,5-6,8-9,11-12H2,1-2H3;2*(H,6,7)/t15-,16+,17+;;/m0../s1. The number of aliphatic carboxylic acids is 2. The molecule has 0 radical (unpaired) electrons. The number of carbonyl (C=O) groups is 2. The largest absolute Gasteiger partial charge is 0.490 e. The van der Waals surface area contributed by atoms with Gasteiger partial charge in [0.15, 0.2) is 0 Å². The molecule has 0 amide bonds. The minimum atomic E-state index is -5.08. The fourth-order valence-electron chi connectivity index (χ4n) is 3.41. The number of morpholine rings is 1. The number of pyridine rings is 1. The topological polar surface area (TPSA) is 109 Å². The first-order valence-corrected chi connectivity index (χ1v) is 10.6. The van der Waals surface area contributed by atoms with Crippen molar-refractivity contribution >= 4 is 11.9 Å². The molecule has 3 atom stereocenters. The molecular formula is C21H28F6N2O6. The van der Waals surface area contributed by atoms with Crippen LogP contribution >= 0.6 is 0 Å². The van der Waals surface area contributed by atoms with Gasteiger partial charge in [0.05, 0.1) is 18.8 Å². The van der Waals surface area contributed by atoms with Gasteiger partial charge in [0, 0.05) is 38.1 Å². The molecule has 0 aromatic carbocycles. The lowest BCUT2D eigenvalue weighted by Gasteiger charge is -2.39. The summed E-state index contributed by atoms with van der Waals surface area (Å²) in [6.45, 7) is 8.01. The van der Waals surface area contributed by atoms with E-state index in [1.54, 1.807) is 0 Å². The number of carboxylic acids is 2. The lowest BCUT2D eigenvalue weighted by atomic mass is 10.1. The van der Waals surface area contributed by atoms with E-state index in [1.807, 2.05) is 18.5 Å². The van der Waals surface area contributed by atoms with Crippen molar-refractivity contribution in [2.45, 2.75) is 63.8 Å². The number of hydrogen-bond acceptors (Lipinski definition) is 6. The molecule has 1 aromatic heterocycles. The number of rotatable bonds is 5. The molecule has 2 N–H and O–H groups in total. The smallest absolute Gasteiger partial charge is 0.475 e. The molecule has 0 bridgehead atoms. The molecule has 2 heterocycles. The van der Waals surface area contributed by atoms with Crippen molar-refractivity contribution < 1.29 is 55.6 Å². The van der Waals surface area contributed by atoms with E-state index in [1.165, 1.54) is 12.0 Å². The average molecular weight is 518 g/mol. The summed E-state index contributed by atoms with van der Waals surface area (Å²) < 4.78 is 75.6. The summed E-state index contributed by atoms with van der Waals surface area (Å²) in [7, 11) is 0. The third kappa shape index (κ3) is 11.2. The highest BCUT2D eigenvalue weighted by Gasteiger charge is 2.43. The van der Waals surface area contributed by atoms with Crippen LogP contribution in [0.2, 0.25) is 0 Å². The van der Waals surface area contributed by atoms with Gasteiger partial charge in [-0.05, 0) is 30.4 Å². The minimum absolute atomic E-state index is 0.245. The first-order chi connectivity index (χ1) is 16.1. The summed E-state index contributed by atoms with van der Waals surface area (Å²) >= 11 is 0. The maximum absolute atomic E-state index is 10.6. The molecule has 1 saturated carbocycles. The Morgan fingerprint density at radius 2 is 1.71 bits per heavy atom. The van der Waals surface area contributed by atoms with Crippen molar-refractivity contribution in [3.8, 4) is 0 Å². The van der Waals surface area contributed by atoms with E-state index in [-0.39, 0.29) is 12.2 Å².